The normalized spacial score (nSPS) is 23.6. The second kappa shape index (κ2) is 6.04. The minimum absolute atomic E-state index is 0.131. The van der Waals surface area contributed by atoms with Gasteiger partial charge in [0, 0.05) is 0 Å². The van der Waals surface area contributed by atoms with Gasteiger partial charge < -0.3 is 9.84 Å². The molecule has 112 valence electrons. The zero-order valence-electron chi connectivity index (χ0n) is 11.4. The molecule has 1 aliphatic carbocycles. The van der Waals surface area contributed by atoms with Crippen LogP contribution >= 0.6 is 0 Å². The zero-order valence-corrected chi connectivity index (χ0v) is 11.4. The highest BCUT2D eigenvalue weighted by Crippen LogP contribution is 2.38. The number of aliphatic hydroxyl groups excluding tert-OH is 1. The summed E-state index contributed by atoms with van der Waals surface area (Å²) < 4.78 is 44.7. The van der Waals surface area contributed by atoms with E-state index in [-0.39, 0.29) is 17.4 Å². The average molecular weight is 288 g/mol. The summed E-state index contributed by atoms with van der Waals surface area (Å²) in [6.45, 7) is 1.68. The fraction of sp³-hybridized carbons (Fsp3) is 0.600. The van der Waals surface area contributed by atoms with Gasteiger partial charge in [-0.2, -0.15) is 13.2 Å². The van der Waals surface area contributed by atoms with E-state index >= 15 is 0 Å². The molecule has 0 amide bonds. The SMILES string of the molecule is CC1CCCC(Oc2ccc(CO)cc2C(F)(F)F)C1. The molecule has 0 aliphatic heterocycles. The number of hydrogen-bond donors (Lipinski definition) is 1. The molecule has 2 nitrogen and oxygen atoms in total. The summed E-state index contributed by atoms with van der Waals surface area (Å²) in [5.41, 5.74) is -0.566. The average Bonchev–Trinajstić information content (AvgIpc) is 2.38. The summed E-state index contributed by atoms with van der Waals surface area (Å²) in [5, 5.41) is 8.97. The monoisotopic (exact) mass is 288 g/mol. The van der Waals surface area contributed by atoms with Crippen LogP contribution in [0.15, 0.2) is 18.2 Å². The van der Waals surface area contributed by atoms with Crippen molar-refractivity contribution >= 4 is 0 Å². The number of benzene rings is 1. The van der Waals surface area contributed by atoms with Crippen LogP contribution in [0.2, 0.25) is 0 Å². The largest absolute Gasteiger partial charge is 0.490 e. The number of alkyl halides is 3. The van der Waals surface area contributed by atoms with Gasteiger partial charge in [0.1, 0.15) is 5.75 Å². The lowest BCUT2D eigenvalue weighted by atomic mass is 9.88. The molecule has 5 heteroatoms. The van der Waals surface area contributed by atoms with Crippen LogP contribution in [-0.2, 0) is 12.8 Å². The lowest BCUT2D eigenvalue weighted by Gasteiger charge is -2.28. The van der Waals surface area contributed by atoms with E-state index in [1.54, 1.807) is 0 Å². The molecule has 2 unspecified atom stereocenters. The van der Waals surface area contributed by atoms with E-state index in [0.717, 1.165) is 31.7 Å². The molecule has 1 aromatic carbocycles. The Labute approximate surface area is 116 Å². The van der Waals surface area contributed by atoms with Gasteiger partial charge in [0.2, 0.25) is 0 Å². The van der Waals surface area contributed by atoms with E-state index < -0.39 is 18.3 Å². The Kier molecular flexibility index (Phi) is 4.58. The molecule has 0 aromatic heterocycles. The maximum atomic E-state index is 13.0. The van der Waals surface area contributed by atoms with Crippen LogP contribution in [0.25, 0.3) is 0 Å². The first-order chi connectivity index (χ1) is 9.40. The molecular formula is C15H19F3O2. The van der Waals surface area contributed by atoms with Crippen molar-refractivity contribution in [2.75, 3.05) is 0 Å². The van der Waals surface area contributed by atoms with Gasteiger partial charge in [-0.15, -0.1) is 0 Å². The summed E-state index contributed by atoms with van der Waals surface area (Å²) in [4.78, 5) is 0. The number of hydrogen-bond acceptors (Lipinski definition) is 2. The summed E-state index contributed by atoms with van der Waals surface area (Å²) in [6, 6.07) is 3.74. The number of ether oxygens (including phenoxy) is 1. The van der Waals surface area contributed by atoms with Gasteiger partial charge in [-0.3, -0.25) is 0 Å². The molecule has 1 N–H and O–H groups in total. The molecule has 0 spiro atoms. The van der Waals surface area contributed by atoms with Crippen molar-refractivity contribution in [3.63, 3.8) is 0 Å². The summed E-state index contributed by atoms with van der Waals surface area (Å²) in [7, 11) is 0. The van der Waals surface area contributed by atoms with Gasteiger partial charge in [0.15, 0.2) is 0 Å². The van der Waals surface area contributed by atoms with Gasteiger partial charge in [0.05, 0.1) is 18.3 Å². The van der Waals surface area contributed by atoms with Crippen molar-refractivity contribution in [2.24, 2.45) is 5.92 Å². The minimum Gasteiger partial charge on any atom is -0.490 e. The van der Waals surface area contributed by atoms with Gasteiger partial charge in [-0.1, -0.05) is 19.4 Å². The molecule has 1 aromatic rings. The van der Waals surface area contributed by atoms with Crippen LogP contribution in [-0.4, -0.2) is 11.2 Å². The Morgan fingerprint density at radius 1 is 1.30 bits per heavy atom. The Morgan fingerprint density at radius 3 is 2.65 bits per heavy atom. The fourth-order valence-electron chi connectivity index (χ4n) is 2.66. The van der Waals surface area contributed by atoms with Crippen LogP contribution in [0, 0.1) is 5.92 Å². The highest BCUT2D eigenvalue weighted by atomic mass is 19.4. The zero-order chi connectivity index (χ0) is 14.8. The first-order valence-electron chi connectivity index (χ1n) is 6.87. The molecule has 0 heterocycles. The molecule has 2 atom stereocenters. The van der Waals surface area contributed by atoms with E-state index in [0.29, 0.717) is 5.92 Å². The fourth-order valence-corrected chi connectivity index (χ4v) is 2.66. The van der Waals surface area contributed by atoms with Gasteiger partial charge in [0.25, 0.3) is 0 Å². The summed E-state index contributed by atoms with van der Waals surface area (Å²) in [6.07, 6.45) is -0.944. The lowest BCUT2D eigenvalue weighted by Crippen LogP contribution is -2.25. The van der Waals surface area contributed by atoms with E-state index in [2.05, 4.69) is 6.92 Å². The molecule has 0 radical (unpaired) electrons. The number of aliphatic hydroxyl groups is 1. The lowest BCUT2D eigenvalue weighted by molar-refractivity contribution is -0.139. The van der Waals surface area contributed by atoms with E-state index in [1.807, 2.05) is 0 Å². The van der Waals surface area contributed by atoms with Crippen molar-refractivity contribution in [1.29, 1.82) is 0 Å². The molecule has 1 fully saturated rings. The van der Waals surface area contributed by atoms with E-state index in [4.69, 9.17) is 9.84 Å². The van der Waals surface area contributed by atoms with Crippen LogP contribution in [0.5, 0.6) is 5.75 Å². The Hall–Kier alpha value is -1.23. The Bertz CT molecular complexity index is 457. The van der Waals surface area contributed by atoms with Crippen molar-refractivity contribution in [3.05, 3.63) is 29.3 Å². The maximum Gasteiger partial charge on any atom is 0.419 e. The number of rotatable bonds is 3. The van der Waals surface area contributed by atoms with E-state index in [1.165, 1.54) is 12.1 Å². The van der Waals surface area contributed by atoms with Gasteiger partial charge >= 0.3 is 6.18 Å². The van der Waals surface area contributed by atoms with Crippen molar-refractivity contribution < 1.29 is 23.0 Å². The topological polar surface area (TPSA) is 29.5 Å². The highest BCUT2D eigenvalue weighted by molar-refractivity contribution is 5.39. The molecule has 0 bridgehead atoms. The van der Waals surface area contributed by atoms with Gasteiger partial charge in [-0.05, 0) is 42.9 Å². The second-order valence-electron chi connectivity index (χ2n) is 5.50. The summed E-state index contributed by atoms with van der Waals surface area (Å²) >= 11 is 0. The predicted octanol–water partition coefficient (Wildman–Crippen LogP) is 4.16. The first-order valence-corrected chi connectivity index (χ1v) is 6.87. The highest BCUT2D eigenvalue weighted by Gasteiger charge is 2.35. The Morgan fingerprint density at radius 2 is 2.05 bits per heavy atom. The first kappa shape index (κ1) is 15.2. The predicted molar refractivity (Wildman–Crippen MR) is 69.4 cm³/mol. The van der Waals surface area contributed by atoms with Crippen LogP contribution in [0.1, 0.15) is 43.7 Å². The van der Waals surface area contributed by atoms with Gasteiger partial charge in [-0.25, -0.2) is 0 Å². The van der Waals surface area contributed by atoms with Crippen LogP contribution in [0.4, 0.5) is 13.2 Å². The van der Waals surface area contributed by atoms with Crippen molar-refractivity contribution in [1.82, 2.24) is 0 Å². The standard InChI is InChI=1S/C15H19F3O2/c1-10-3-2-4-12(7-10)20-14-6-5-11(9-19)8-13(14)15(16,17)18/h5-6,8,10,12,19H,2-4,7,9H2,1H3. The van der Waals surface area contributed by atoms with E-state index in [9.17, 15) is 13.2 Å². The van der Waals surface area contributed by atoms with Crippen molar-refractivity contribution in [2.45, 2.75) is 51.5 Å². The molecular weight excluding hydrogens is 269 g/mol. The Balaban J connectivity index is 2.22. The third-order valence-electron chi connectivity index (χ3n) is 3.71. The summed E-state index contributed by atoms with van der Waals surface area (Å²) in [5.74, 6) is 0.355. The van der Waals surface area contributed by atoms with Crippen LogP contribution < -0.4 is 4.74 Å². The minimum atomic E-state index is -4.47. The second-order valence-corrected chi connectivity index (χ2v) is 5.50. The van der Waals surface area contributed by atoms with Crippen LogP contribution in [0.3, 0.4) is 0 Å². The third-order valence-corrected chi connectivity index (χ3v) is 3.71. The maximum absolute atomic E-state index is 13.0. The number of halogens is 3. The molecule has 20 heavy (non-hydrogen) atoms. The third kappa shape index (κ3) is 3.66. The molecule has 1 aliphatic rings. The molecule has 1 saturated carbocycles. The van der Waals surface area contributed by atoms with Crippen molar-refractivity contribution in [3.8, 4) is 5.75 Å². The molecule has 2 rings (SSSR count). The quantitative estimate of drug-likeness (QED) is 0.905. The smallest absolute Gasteiger partial charge is 0.419 e. The molecule has 0 saturated heterocycles.